The van der Waals surface area contributed by atoms with Crippen molar-refractivity contribution >= 4 is 12.1 Å². The average Bonchev–Trinajstić information content (AvgIpc) is 2.26. The first-order chi connectivity index (χ1) is 8.69. The summed E-state index contributed by atoms with van der Waals surface area (Å²) in [6.07, 6.45) is 2.94. The van der Waals surface area contributed by atoms with Crippen LogP contribution in [0.4, 0.5) is 4.79 Å². The van der Waals surface area contributed by atoms with Gasteiger partial charge in [0.25, 0.3) is 0 Å². The molecule has 0 aliphatic heterocycles. The molecule has 5 heteroatoms. The van der Waals surface area contributed by atoms with Crippen LogP contribution in [-0.4, -0.2) is 28.8 Å². The Bertz CT molecular complexity index is 327. The highest BCUT2D eigenvalue weighted by Gasteiger charge is 2.30. The minimum Gasteiger partial charge on any atom is -0.481 e. The molecular weight excluding hydrogens is 246 g/mol. The van der Waals surface area contributed by atoms with Gasteiger partial charge in [-0.05, 0) is 52.4 Å². The van der Waals surface area contributed by atoms with Crippen LogP contribution in [0.3, 0.4) is 0 Å². The molecule has 1 aliphatic rings. The SMILES string of the molecule is CC(C(=O)O)[C@H]1CC[C@@H](NC(=O)OC(C)(C)C)CC1. The molecule has 0 radical (unpaired) electrons. The smallest absolute Gasteiger partial charge is 0.407 e. The highest BCUT2D eigenvalue weighted by molar-refractivity contribution is 5.70. The minimum absolute atomic E-state index is 0.104. The first-order valence-corrected chi connectivity index (χ1v) is 6.91. The van der Waals surface area contributed by atoms with Gasteiger partial charge in [-0.2, -0.15) is 0 Å². The van der Waals surface area contributed by atoms with E-state index in [4.69, 9.17) is 9.84 Å². The monoisotopic (exact) mass is 271 g/mol. The van der Waals surface area contributed by atoms with Gasteiger partial charge in [0.05, 0.1) is 5.92 Å². The Morgan fingerprint density at radius 2 is 1.74 bits per heavy atom. The molecule has 1 amide bonds. The molecule has 0 spiro atoms. The maximum absolute atomic E-state index is 11.6. The molecule has 1 fully saturated rings. The maximum atomic E-state index is 11.6. The number of rotatable bonds is 3. The molecule has 0 aromatic heterocycles. The van der Waals surface area contributed by atoms with Gasteiger partial charge in [0.1, 0.15) is 5.60 Å². The van der Waals surface area contributed by atoms with Crippen LogP contribution in [0.1, 0.15) is 53.4 Å². The van der Waals surface area contributed by atoms with Crippen LogP contribution < -0.4 is 5.32 Å². The third-order valence-corrected chi connectivity index (χ3v) is 3.59. The molecule has 1 saturated carbocycles. The second-order valence-corrected chi connectivity index (χ2v) is 6.38. The quantitative estimate of drug-likeness (QED) is 0.827. The van der Waals surface area contributed by atoms with Crippen molar-refractivity contribution in [1.82, 2.24) is 5.32 Å². The molecule has 5 nitrogen and oxygen atoms in total. The van der Waals surface area contributed by atoms with Crippen molar-refractivity contribution in [2.24, 2.45) is 11.8 Å². The van der Waals surface area contributed by atoms with Gasteiger partial charge in [0.15, 0.2) is 0 Å². The Balaban J connectivity index is 2.34. The summed E-state index contributed by atoms with van der Waals surface area (Å²) in [6, 6.07) is 0.104. The lowest BCUT2D eigenvalue weighted by Gasteiger charge is -2.31. The number of nitrogens with one attached hydrogen (secondary N) is 1. The minimum atomic E-state index is -0.733. The van der Waals surface area contributed by atoms with E-state index >= 15 is 0 Å². The lowest BCUT2D eigenvalue weighted by molar-refractivity contribution is -0.143. The number of ether oxygens (including phenoxy) is 1. The number of carboxylic acids is 1. The number of amides is 1. The van der Waals surface area contributed by atoms with Crippen molar-refractivity contribution in [1.29, 1.82) is 0 Å². The molecule has 1 unspecified atom stereocenters. The van der Waals surface area contributed by atoms with Crippen LogP contribution in [-0.2, 0) is 9.53 Å². The number of carbonyl (C=O) groups is 2. The number of hydrogen-bond acceptors (Lipinski definition) is 3. The van der Waals surface area contributed by atoms with Crippen LogP contribution in [0.5, 0.6) is 0 Å². The number of carbonyl (C=O) groups excluding carboxylic acids is 1. The first kappa shape index (κ1) is 15.8. The van der Waals surface area contributed by atoms with Gasteiger partial charge in [-0.3, -0.25) is 4.79 Å². The third-order valence-electron chi connectivity index (χ3n) is 3.59. The van der Waals surface area contributed by atoms with Crippen molar-refractivity contribution in [2.45, 2.75) is 65.0 Å². The Morgan fingerprint density at radius 3 is 2.16 bits per heavy atom. The van der Waals surface area contributed by atoms with Gasteiger partial charge in [-0.25, -0.2) is 4.79 Å². The summed E-state index contributed by atoms with van der Waals surface area (Å²) < 4.78 is 5.21. The molecule has 0 saturated heterocycles. The van der Waals surface area contributed by atoms with Crippen LogP contribution in [0, 0.1) is 11.8 Å². The molecule has 1 atom stereocenters. The van der Waals surface area contributed by atoms with Crippen LogP contribution in [0.15, 0.2) is 0 Å². The van der Waals surface area contributed by atoms with E-state index in [1.54, 1.807) is 6.92 Å². The molecule has 2 N–H and O–H groups in total. The zero-order valence-electron chi connectivity index (χ0n) is 12.2. The van der Waals surface area contributed by atoms with Crippen molar-refractivity contribution in [3.63, 3.8) is 0 Å². The highest BCUT2D eigenvalue weighted by atomic mass is 16.6. The number of aliphatic carboxylic acids is 1. The lowest BCUT2D eigenvalue weighted by atomic mass is 9.79. The standard InChI is InChI=1S/C14H25NO4/c1-9(12(16)17)10-5-7-11(8-6-10)15-13(18)19-14(2,3)4/h9-11H,5-8H2,1-4H3,(H,15,18)(H,16,17)/t9?,10-,11+. The summed E-state index contributed by atoms with van der Waals surface area (Å²) in [5, 5.41) is 11.8. The first-order valence-electron chi connectivity index (χ1n) is 6.91. The predicted molar refractivity (Wildman–Crippen MR) is 71.9 cm³/mol. The Morgan fingerprint density at radius 1 is 1.21 bits per heavy atom. The summed E-state index contributed by atoms with van der Waals surface area (Å²) in [5.74, 6) is -0.819. The molecule has 1 rings (SSSR count). The summed E-state index contributed by atoms with van der Waals surface area (Å²) in [5.41, 5.74) is -0.487. The molecule has 0 heterocycles. The summed E-state index contributed by atoms with van der Waals surface area (Å²) in [7, 11) is 0. The van der Waals surface area contributed by atoms with E-state index < -0.39 is 11.6 Å². The van der Waals surface area contributed by atoms with Crippen LogP contribution in [0.25, 0.3) is 0 Å². The van der Waals surface area contributed by atoms with E-state index in [2.05, 4.69) is 5.32 Å². The van der Waals surface area contributed by atoms with Crippen LogP contribution in [0.2, 0.25) is 0 Å². The van der Waals surface area contributed by atoms with Gasteiger partial charge < -0.3 is 15.2 Å². The number of hydrogen-bond donors (Lipinski definition) is 2. The maximum Gasteiger partial charge on any atom is 0.407 e. The fourth-order valence-corrected chi connectivity index (χ4v) is 2.44. The van der Waals surface area contributed by atoms with E-state index in [9.17, 15) is 9.59 Å². The molecule has 0 aromatic rings. The van der Waals surface area contributed by atoms with E-state index in [1.807, 2.05) is 20.8 Å². The fraction of sp³-hybridized carbons (Fsp3) is 0.857. The highest BCUT2D eigenvalue weighted by Crippen LogP contribution is 2.30. The molecule has 19 heavy (non-hydrogen) atoms. The predicted octanol–water partition coefficient (Wildman–Crippen LogP) is 2.79. The van der Waals surface area contributed by atoms with Gasteiger partial charge in [-0.1, -0.05) is 6.92 Å². The van der Waals surface area contributed by atoms with E-state index in [0.717, 1.165) is 25.7 Å². The van der Waals surface area contributed by atoms with E-state index in [0.29, 0.717) is 0 Å². The zero-order valence-corrected chi connectivity index (χ0v) is 12.2. The second kappa shape index (κ2) is 6.26. The second-order valence-electron chi connectivity index (χ2n) is 6.38. The summed E-state index contributed by atoms with van der Waals surface area (Å²) in [6.45, 7) is 7.25. The van der Waals surface area contributed by atoms with Gasteiger partial charge in [-0.15, -0.1) is 0 Å². The molecule has 0 bridgehead atoms. The van der Waals surface area contributed by atoms with Gasteiger partial charge in [0.2, 0.25) is 0 Å². The normalized spacial score (nSPS) is 25.5. The average molecular weight is 271 g/mol. The molecule has 0 aromatic carbocycles. The Kier molecular flexibility index (Phi) is 5.20. The Hall–Kier alpha value is -1.26. The topological polar surface area (TPSA) is 75.6 Å². The summed E-state index contributed by atoms with van der Waals surface area (Å²) in [4.78, 5) is 22.5. The summed E-state index contributed by atoms with van der Waals surface area (Å²) >= 11 is 0. The van der Waals surface area contributed by atoms with Crippen molar-refractivity contribution in [3.05, 3.63) is 0 Å². The fourth-order valence-electron chi connectivity index (χ4n) is 2.44. The molecular formula is C14H25NO4. The van der Waals surface area contributed by atoms with E-state index in [-0.39, 0.29) is 24.0 Å². The lowest BCUT2D eigenvalue weighted by Crippen LogP contribution is -2.41. The third kappa shape index (κ3) is 5.49. The van der Waals surface area contributed by atoms with Crippen molar-refractivity contribution in [3.8, 4) is 0 Å². The molecule has 110 valence electrons. The number of carboxylic acid groups (broad SMARTS) is 1. The zero-order chi connectivity index (χ0) is 14.6. The Labute approximate surface area is 114 Å². The number of alkyl carbamates (subject to hydrolysis) is 1. The van der Waals surface area contributed by atoms with Crippen molar-refractivity contribution < 1.29 is 19.4 Å². The largest absolute Gasteiger partial charge is 0.481 e. The van der Waals surface area contributed by atoms with Gasteiger partial charge in [0, 0.05) is 6.04 Å². The van der Waals surface area contributed by atoms with Crippen LogP contribution >= 0.6 is 0 Å². The van der Waals surface area contributed by atoms with E-state index in [1.165, 1.54) is 0 Å². The molecule has 1 aliphatic carbocycles. The van der Waals surface area contributed by atoms with Gasteiger partial charge >= 0.3 is 12.1 Å². The van der Waals surface area contributed by atoms with Crippen molar-refractivity contribution in [2.75, 3.05) is 0 Å².